The third kappa shape index (κ3) is 5.82. The molecule has 0 radical (unpaired) electrons. The quantitative estimate of drug-likeness (QED) is 0.520. The molecule has 2 aliphatic heterocycles. The van der Waals surface area contributed by atoms with E-state index in [9.17, 15) is 24.3 Å². The predicted octanol–water partition coefficient (Wildman–Crippen LogP) is 1.31. The maximum atomic E-state index is 13.1. The number of ether oxygens (including phenoxy) is 1. The van der Waals surface area contributed by atoms with Gasteiger partial charge in [0.25, 0.3) is 5.91 Å². The van der Waals surface area contributed by atoms with Crippen molar-refractivity contribution in [2.45, 2.75) is 57.2 Å². The molecule has 9 nitrogen and oxygen atoms in total. The SMILES string of the molecule is Br.CCOC(=O)[C@H](CCc1ccccc1)N[C@H]1CCC(=O)N2CCC(C(=O)O)N2C1=O. The number of rotatable bonds is 8. The summed E-state index contributed by atoms with van der Waals surface area (Å²) in [6, 6.07) is 6.98. The van der Waals surface area contributed by atoms with Crippen molar-refractivity contribution in [3.05, 3.63) is 35.9 Å². The highest BCUT2D eigenvalue weighted by molar-refractivity contribution is 8.93. The Morgan fingerprint density at radius 3 is 2.58 bits per heavy atom. The molecule has 0 bridgehead atoms. The molecule has 1 aromatic rings. The van der Waals surface area contributed by atoms with Crippen molar-refractivity contribution in [2.24, 2.45) is 0 Å². The third-order valence-electron chi connectivity index (χ3n) is 5.45. The Balaban J connectivity index is 0.00000341. The van der Waals surface area contributed by atoms with Gasteiger partial charge >= 0.3 is 11.9 Å². The maximum Gasteiger partial charge on any atom is 0.328 e. The highest BCUT2D eigenvalue weighted by Gasteiger charge is 2.47. The lowest BCUT2D eigenvalue weighted by Crippen LogP contribution is -2.56. The Bertz CT molecular complexity index is 806. The van der Waals surface area contributed by atoms with Crippen molar-refractivity contribution in [2.75, 3.05) is 13.2 Å². The van der Waals surface area contributed by atoms with Gasteiger partial charge < -0.3 is 9.84 Å². The van der Waals surface area contributed by atoms with Gasteiger partial charge in [0.2, 0.25) is 5.91 Å². The minimum Gasteiger partial charge on any atom is -0.480 e. The second kappa shape index (κ2) is 11.2. The number of esters is 1. The molecule has 10 heteroatoms. The molecule has 0 spiro atoms. The van der Waals surface area contributed by atoms with Gasteiger partial charge in [0.1, 0.15) is 6.04 Å². The van der Waals surface area contributed by atoms with Gasteiger partial charge in [-0.05, 0) is 31.7 Å². The largest absolute Gasteiger partial charge is 0.480 e. The monoisotopic (exact) mass is 497 g/mol. The van der Waals surface area contributed by atoms with E-state index in [4.69, 9.17) is 4.74 Å². The van der Waals surface area contributed by atoms with E-state index in [1.807, 2.05) is 30.3 Å². The first-order valence-corrected chi connectivity index (χ1v) is 10.2. The van der Waals surface area contributed by atoms with Crippen molar-refractivity contribution in [1.82, 2.24) is 15.3 Å². The van der Waals surface area contributed by atoms with E-state index < -0.39 is 36.0 Å². The number of aryl methyl sites for hydroxylation is 1. The molecule has 2 N–H and O–H groups in total. The van der Waals surface area contributed by atoms with Crippen LogP contribution in [0.15, 0.2) is 30.3 Å². The third-order valence-corrected chi connectivity index (χ3v) is 5.45. The van der Waals surface area contributed by atoms with E-state index in [0.29, 0.717) is 12.8 Å². The highest BCUT2D eigenvalue weighted by atomic mass is 79.9. The molecule has 2 fully saturated rings. The number of carboxylic acid groups (broad SMARTS) is 1. The molecule has 0 saturated carbocycles. The van der Waals surface area contributed by atoms with Crippen LogP contribution in [0.4, 0.5) is 0 Å². The first-order chi connectivity index (χ1) is 14.4. The average molecular weight is 498 g/mol. The topological polar surface area (TPSA) is 116 Å². The first-order valence-electron chi connectivity index (χ1n) is 10.2. The lowest BCUT2D eigenvalue weighted by Gasteiger charge is -2.31. The zero-order valence-electron chi connectivity index (χ0n) is 17.4. The molecule has 2 heterocycles. The molecule has 0 aromatic heterocycles. The minimum atomic E-state index is -1.15. The Labute approximate surface area is 191 Å². The zero-order valence-corrected chi connectivity index (χ0v) is 19.1. The van der Waals surface area contributed by atoms with Crippen molar-refractivity contribution in [1.29, 1.82) is 0 Å². The number of halogens is 1. The summed E-state index contributed by atoms with van der Waals surface area (Å²) in [6.45, 7) is 2.12. The van der Waals surface area contributed by atoms with E-state index in [1.165, 1.54) is 5.01 Å². The average Bonchev–Trinajstić information content (AvgIpc) is 3.15. The van der Waals surface area contributed by atoms with E-state index >= 15 is 0 Å². The van der Waals surface area contributed by atoms with Crippen LogP contribution in [0.25, 0.3) is 0 Å². The first kappa shape index (κ1) is 24.8. The molecule has 0 aliphatic carbocycles. The lowest BCUT2D eigenvalue weighted by atomic mass is 10.0. The fourth-order valence-electron chi connectivity index (χ4n) is 3.93. The second-order valence-corrected chi connectivity index (χ2v) is 7.43. The number of amides is 2. The molecular formula is C21H28BrN3O6. The summed E-state index contributed by atoms with van der Waals surface area (Å²) < 4.78 is 5.17. The Hall–Kier alpha value is -2.46. The Kier molecular flexibility index (Phi) is 9.00. The number of hydrogen-bond acceptors (Lipinski definition) is 6. The normalized spacial score (nSPS) is 21.7. The standard InChI is InChI=1S/C21H27N3O6.BrH/c1-2-30-21(29)16(9-8-14-6-4-3-5-7-14)22-15-10-11-18(25)23-13-12-17(20(27)28)24(23)19(15)26;/h3-7,15-17,22H,2,8-13H2,1H3,(H,27,28);1H/t15-,16-,17?;/m0./s1. The van der Waals surface area contributed by atoms with Gasteiger partial charge in [-0.2, -0.15) is 0 Å². The minimum absolute atomic E-state index is 0. The number of carbonyl (C=O) groups is 4. The van der Waals surface area contributed by atoms with Crippen LogP contribution < -0.4 is 5.32 Å². The van der Waals surface area contributed by atoms with Gasteiger partial charge in [-0.25, -0.2) is 9.80 Å². The summed E-state index contributed by atoms with van der Waals surface area (Å²) in [5, 5.41) is 14.8. The summed E-state index contributed by atoms with van der Waals surface area (Å²) >= 11 is 0. The fourth-order valence-corrected chi connectivity index (χ4v) is 3.93. The number of aliphatic carboxylic acids is 1. The highest BCUT2D eigenvalue weighted by Crippen LogP contribution is 2.26. The number of hydrazine groups is 1. The van der Waals surface area contributed by atoms with Gasteiger partial charge in [0.05, 0.1) is 12.6 Å². The van der Waals surface area contributed by atoms with Crippen LogP contribution in [0.5, 0.6) is 0 Å². The zero-order chi connectivity index (χ0) is 21.7. The number of carboxylic acids is 1. The number of nitrogens with one attached hydrogen (secondary N) is 1. The Morgan fingerprint density at radius 2 is 1.94 bits per heavy atom. The maximum absolute atomic E-state index is 13.1. The number of nitrogens with zero attached hydrogens (tertiary/aromatic N) is 2. The smallest absolute Gasteiger partial charge is 0.328 e. The number of benzene rings is 1. The summed E-state index contributed by atoms with van der Waals surface area (Å²) in [5.74, 6) is -2.40. The molecule has 2 amide bonds. The van der Waals surface area contributed by atoms with Crippen LogP contribution in [0, 0.1) is 0 Å². The van der Waals surface area contributed by atoms with E-state index in [1.54, 1.807) is 6.92 Å². The van der Waals surface area contributed by atoms with E-state index in [0.717, 1.165) is 10.6 Å². The Morgan fingerprint density at radius 1 is 1.23 bits per heavy atom. The number of hydrogen-bond donors (Lipinski definition) is 2. The van der Waals surface area contributed by atoms with E-state index in [-0.39, 0.29) is 55.3 Å². The van der Waals surface area contributed by atoms with Crippen LogP contribution >= 0.6 is 17.0 Å². The molecule has 31 heavy (non-hydrogen) atoms. The number of fused-ring (bicyclic) bond motifs is 1. The van der Waals surface area contributed by atoms with Crippen LogP contribution in [-0.2, 0) is 30.3 Å². The van der Waals surface area contributed by atoms with Gasteiger partial charge in [0, 0.05) is 19.4 Å². The van der Waals surface area contributed by atoms with Gasteiger partial charge in [-0.3, -0.25) is 24.7 Å². The molecule has 2 aliphatic rings. The van der Waals surface area contributed by atoms with Crippen LogP contribution in [0.2, 0.25) is 0 Å². The van der Waals surface area contributed by atoms with Gasteiger partial charge in [-0.15, -0.1) is 17.0 Å². The van der Waals surface area contributed by atoms with Crippen molar-refractivity contribution in [3.63, 3.8) is 0 Å². The molecule has 1 unspecified atom stereocenters. The van der Waals surface area contributed by atoms with Crippen molar-refractivity contribution in [3.8, 4) is 0 Å². The molecule has 170 valence electrons. The predicted molar refractivity (Wildman–Crippen MR) is 116 cm³/mol. The van der Waals surface area contributed by atoms with Gasteiger partial charge in [-0.1, -0.05) is 30.3 Å². The molecule has 1 aromatic carbocycles. The van der Waals surface area contributed by atoms with Crippen LogP contribution in [-0.4, -0.2) is 70.2 Å². The molecular weight excluding hydrogens is 470 g/mol. The van der Waals surface area contributed by atoms with Crippen LogP contribution in [0.3, 0.4) is 0 Å². The molecule has 3 atom stereocenters. The van der Waals surface area contributed by atoms with Crippen molar-refractivity contribution < 1.29 is 29.0 Å². The number of carbonyl (C=O) groups excluding carboxylic acids is 3. The lowest BCUT2D eigenvalue weighted by molar-refractivity contribution is -0.166. The second-order valence-electron chi connectivity index (χ2n) is 7.43. The van der Waals surface area contributed by atoms with Gasteiger partial charge in [0.15, 0.2) is 6.04 Å². The molecule has 2 saturated heterocycles. The van der Waals surface area contributed by atoms with E-state index in [2.05, 4.69) is 5.32 Å². The summed E-state index contributed by atoms with van der Waals surface area (Å²) in [4.78, 5) is 49.6. The van der Waals surface area contributed by atoms with Crippen LogP contribution in [0.1, 0.15) is 38.2 Å². The van der Waals surface area contributed by atoms with Crippen molar-refractivity contribution >= 4 is 40.7 Å². The summed E-state index contributed by atoms with van der Waals surface area (Å²) in [7, 11) is 0. The fraction of sp³-hybridized carbons (Fsp3) is 0.524. The molecule has 3 rings (SSSR count). The summed E-state index contributed by atoms with van der Waals surface area (Å²) in [5.41, 5.74) is 1.05. The summed E-state index contributed by atoms with van der Waals surface area (Å²) in [6.07, 6.45) is 1.49.